The summed E-state index contributed by atoms with van der Waals surface area (Å²) in [5.74, 6) is 0.640. The molecular formula is C20H16N8O2. The molecule has 4 N–H and O–H groups in total. The van der Waals surface area contributed by atoms with Gasteiger partial charge in [0.05, 0.1) is 35.7 Å². The Kier molecular flexibility index (Phi) is 4.30. The van der Waals surface area contributed by atoms with Crippen molar-refractivity contribution in [3.05, 3.63) is 72.3 Å². The van der Waals surface area contributed by atoms with Crippen LogP contribution in [0.1, 0.15) is 15.9 Å². The third-order valence-corrected chi connectivity index (χ3v) is 4.58. The fraction of sp³-hybridized carbons (Fsp3) is 0.0500. The number of hydrogen-bond acceptors (Lipinski definition) is 9. The van der Waals surface area contributed by atoms with Gasteiger partial charge < -0.3 is 10.4 Å². The van der Waals surface area contributed by atoms with Gasteiger partial charge in [0.25, 0.3) is 0 Å². The van der Waals surface area contributed by atoms with Crippen LogP contribution >= 0.6 is 0 Å². The quantitative estimate of drug-likeness (QED) is 0.397. The molecule has 0 atom stereocenters. The third kappa shape index (κ3) is 3.42. The maximum atomic E-state index is 11.1. The van der Waals surface area contributed by atoms with Crippen molar-refractivity contribution in [2.75, 3.05) is 15.8 Å². The van der Waals surface area contributed by atoms with Crippen LogP contribution in [0.3, 0.4) is 0 Å². The topological polar surface area (TPSA) is 128 Å². The lowest BCUT2D eigenvalue weighted by molar-refractivity contribution is 0.0696. The Hall–Kier alpha value is -4.31. The number of hydrazine groups is 2. The van der Waals surface area contributed by atoms with E-state index in [1.165, 1.54) is 18.5 Å². The molecule has 0 amide bonds. The molecule has 0 fully saturated rings. The van der Waals surface area contributed by atoms with Gasteiger partial charge >= 0.3 is 5.97 Å². The summed E-state index contributed by atoms with van der Waals surface area (Å²) in [6.07, 6.45) is 6.15. The highest BCUT2D eigenvalue weighted by Gasteiger charge is 2.22. The van der Waals surface area contributed by atoms with Crippen molar-refractivity contribution in [1.29, 1.82) is 0 Å². The molecule has 10 nitrogen and oxygen atoms in total. The molecule has 0 radical (unpaired) electrons. The molecule has 1 aromatic carbocycles. The van der Waals surface area contributed by atoms with E-state index < -0.39 is 5.97 Å². The molecule has 148 valence electrons. The summed E-state index contributed by atoms with van der Waals surface area (Å²) in [5, 5.41) is 15.1. The van der Waals surface area contributed by atoms with E-state index in [2.05, 4.69) is 42.3 Å². The Morgan fingerprint density at radius 2 is 2.07 bits per heavy atom. The van der Waals surface area contributed by atoms with Crippen LogP contribution in [0.4, 0.5) is 23.1 Å². The zero-order valence-corrected chi connectivity index (χ0v) is 15.6. The number of carboxylic acid groups (broad SMARTS) is 1. The number of pyridine rings is 2. The molecule has 0 bridgehead atoms. The minimum atomic E-state index is -1.05. The van der Waals surface area contributed by atoms with E-state index in [0.717, 1.165) is 16.5 Å². The van der Waals surface area contributed by atoms with Gasteiger partial charge in [0, 0.05) is 17.8 Å². The predicted molar refractivity (Wildman–Crippen MR) is 111 cm³/mol. The number of fused-ring (bicyclic) bond motifs is 2. The summed E-state index contributed by atoms with van der Waals surface area (Å²) in [6.45, 7) is 0.555. The highest BCUT2D eigenvalue weighted by atomic mass is 16.4. The van der Waals surface area contributed by atoms with Crippen molar-refractivity contribution < 1.29 is 9.90 Å². The lowest BCUT2D eigenvalue weighted by Crippen LogP contribution is -2.35. The van der Waals surface area contributed by atoms with Crippen LogP contribution in [0.15, 0.2) is 61.2 Å². The molecule has 0 saturated heterocycles. The molecule has 3 aromatic heterocycles. The molecule has 1 aliphatic rings. The fourth-order valence-corrected chi connectivity index (χ4v) is 3.18. The molecule has 4 heterocycles. The summed E-state index contributed by atoms with van der Waals surface area (Å²) in [4.78, 5) is 28.4. The Bertz CT molecular complexity index is 1260. The van der Waals surface area contributed by atoms with E-state index in [9.17, 15) is 4.79 Å². The van der Waals surface area contributed by atoms with Crippen molar-refractivity contribution >= 4 is 40.0 Å². The molecule has 0 spiro atoms. The molecule has 0 unspecified atom stereocenters. The molecule has 4 aromatic rings. The van der Waals surface area contributed by atoms with E-state index in [4.69, 9.17) is 5.11 Å². The number of nitrogens with one attached hydrogen (secondary N) is 3. The summed E-state index contributed by atoms with van der Waals surface area (Å²) in [6, 6.07) is 11.5. The van der Waals surface area contributed by atoms with Crippen LogP contribution in [0, 0.1) is 0 Å². The second-order valence-corrected chi connectivity index (χ2v) is 6.67. The first kappa shape index (κ1) is 17.8. The normalized spacial score (nSPS) is 12.5. The van der Waals surface area contributed by atoms with E-state index in [1.54, 1.807) is 12.4 Å². The Morgan fingerprint density at radius 1 is 1.13 bits per heavy atom. The summed E-state index contributed by atoms with van der Waals surface area (Å²) >= 11 is 0. The number of carboxylic acids is 1. The van der Waals surface area contributed by atoms with E-state index in [0.29, 0.717) is 29.7 Å². The van der Waals surface area contributed by atoms with Crippen LogP contribution in [-0.2, 0) is 6.54 Å². The largest absolute Gasteiger partial charge is 0.478 e. The molecule has 5 rings (SSSR count). The van der Waals surface area contributed by atoms with Crippen molar-refractivity contribution in [3.63, 3.8) is 0 Å². The van der Waals surface area contributed by atoms with Gasteiger partial charge in [-0.2, -0.15) is 0 Å². The monoisotopic (exact) mass is 400 g/mol. The number of aromatic carboxylic acids is 1. The average Bonchev–Trinajstić information content (AvgIpc) is 3.16. The van der Waals surface area contributed by atoms with Crippen LogP contribution in [0.5, 0.6) is 0 Å². The average molecular weight is 400 g/mol. The van der Waals surface area contributed by atoms with Crippen molar-refractivity contribution in [1.82, 2.24) is 25.5 Å². The Labute approximate surface area is 170 Å². The van der Waals surface area contributed by atoms with Gasteiger partial charge in [-0.15, -0.1) is 5.53 Å². The first-order chi connectivity index (χ1) is 14.7. The molecule has 30 heavy (non-hydrogen) atoms. The van der Waals surface area contributed by atoms with Gasteiger partial charge in [0.2, 0.25) is 0 Å². The van der Waals surface area contributed by atoms with E-state index in [-0.39, 0.29) is 5.56 Å². The molecular weight excluding hydrogens is 384 g/mol. The number of benzene rings is 1. The van der Waals surface area contributed by atoms with E-state index in [1.807, 2.05) is 29.3 Å². The van der Waals surface area contributed by atoms with Crippen molar-refractivity contribution in [3.8, 4) is 0 Å². The van der Waals surface area contributed by atoms with Gasteiger partial charge in [-0.05, 0) is 29.8 Å². The highest BCUT2D eigenvalue weighted by Crippen LogP contribution is 2.28. The Balaban J connectivity index is 1.38. The SMILES string of the molecule is O=C(O)c1cncc(Nc2cnc3c(n2)N(Cc2ccc4ncccc4c2)NN3)c1. The number of anilines is 4. The lowest BCUT2D eigenvalue weighted by Gasteiger charge is -2.17. The van der Waals surface area contributed by atoms with Gasteiger partial charge in [-0.1, -0.05) is 12.1 Å². The number of carbonyl (C=O) groups is 1. The first-order valence-electron chi connectivity index (χ1n) is 9.11. The minimum Gasteiger partial charge on any atom is -0.478 e. The zero-order chi connectivity index (χ0) is 20.5. The third-order valence-electron chi connectivity index (χ3n) is 4.58. The number of rotatable bonds is 5. The number of hydrogen-bond donors (Lipinski definition) is 4. The number of nitrogens with zero attached hydrogens (tertiary/aromatic N) is 5. The van der Waals surface area contributed by atoms with Gasteiger partial charge in [-0.3, -0.25) is 20.4 Å². The predicted octanol–water partition coefficient (Wildman–Crippen LogP) is 2.71. The van der Waals surface area contributed by atoms with Gasteiger partial charge in [0.15, 0.2) is 17.5 Å². The van der Waals surface area contributed by atoms with Crippen LogP contribution < -0.4 is 21.3 Å². The summed E-state index contributed by atoms with van der Waals surface area (Å²) < 4.78 is 0. The zero-order valence-electron chi connectivity index (χ0n) is 15.6. The summed E-state index contributed by atoms with van der Waals surface area (Å²) in [7, 11) is 0. The Morgan fingerprint density at radius 3 is 2.97 bits per heavy atom. The standard InChI is InChI=1S/C20H16N8O2/c29-20(30)14-7-15(9-21-8-14)24-17-10-23-18-19(25-17)28(27-26-18)11-12-3-4-16-13(6-12)2-1-5-22-16/h1-10,27H,11H2,(H,23,26)(H,24,25)(H,29,30). The second-order valence-electron chi connectivity index (χ2n) is 6.67. The van der Waals surface area contributed by atoms with Gasteiger partial charge in [-0.25, -0.2) is 14.8 Å². The molecule has 0 saturated carbocycles. The molecule has 1 aliphatic heterocycles. The van der Waals surface area contributed by atoms with E-state index >= 15 is 0 Å². The minimum absolute atomic E-state index is 0.0878. The van der Waals surface area contributed by atoms with Crippen molar-refractivity contribution in [2.45, 2.75) is 6.54 Å². The van der Waals surface area contributed by atoms with Crippen LogP contribution in [0.25, 0.3) is 10.9 Å². The first-order valence-corrected chi connectivity index (χ1v) is 9.11. The molecule has 10 heteroatoms. The maximum Gasteiger partial charge on any atom is 0.337 e. The van der Waals surface area contributed by atoms with Crippen LogP contribution in [-0.4, -0.2) is 31.0 Å². The van der Waals surface area contributed by atoms with Crippen LogP contribution in [0.2, 0.25) is 0 Å². The molecule has 0 aliphatic carbocycles. The van der Waals surface area contributed by atoms with Gasteiger partial charge in [0.1, 0.15) is 0 Å². The fourth-order valence-electron chi connectivity index (χ4n) is 3.18. The second kappa shape index (κ2) is 7.26. The highest BCUT2D eigenvalue weighted by molar-refractivity contribution is 5.88. The maximum absolute atomic E-state index is 11.1. The smallest absolute Gasteiger partial charge is 0.337 e. The number of aromatic nitrogens is 4. The van der Waals surface area contributed by atoms with Crippen molar-refractivity contribution in [2.24, 2.45) is 0 Å². The lowest BCUT2D eigenvalue weighted by atomic mass is 10.1. The summed E-state index contributed by atoms with van der Waals surface area (Å²) in [5.41, 5.74) is 8.67.